The molecule has 4 nitrogen and oxygen atoms in total. The Morgan fingerprint density at radius 2 is 1.95 bits per heavy atom. The molecule has 2 fully saturated rings. The van der Waals surface area contributed by atoms with E-state index in [4.69, 9.17) is 0 Å². The second kappa shape index (κ2) is 7.25. The largest absolute Gasteiger partial charge is 0.355 e. The van der Waals surface area contributed by atoms with Crippen molar-refractivity contribution in [1.82, 2.24) is 15.5 Å². The van der Waals surface area contributed by atoms with Gasteiger partial charge in [0.15, 0.2) is 0 Å². The Labute approximate surface area is 117 Å². The third-order valence-electron chi connectivity index (χ3n) is 4.07. The lowest BCUT2D eigenvalue weighted by Crippen LogP contribution is -2.43. The number of carbonyl (C=O) groups excluding carboxylic acids is 1. The molecule has 0 aromatic rings. The van der Waals surface area contributed by atoms with Gasteiger partial charge in [-0.05, 0) is 50.6 Å². The average molecular weight is 267 g/mol. The maximum absolute atomic E-state index is 12.0. The molecule has 1 saturated heterocycles. The van der Waals surface area contributed by atoms with Crippen LogP contribution in [0.1, 0.15) is 39.5 Å². The zero-order chi connectivity index (χ0) is 13.7. The third-order valence-corrected chi connectivity index (χ3v) is 4.07. The van der Waals surface area contributed by atoms with Gasteiger partial charge in [-0.15, -0.1) is 0 Å². The van der Waals surface area contributed by atoms with E-state index >= 15 is 0 Å². The van der Waals surface area contributed by atoms with Crippen LogP contribution in [-0.2, 0) is 4.79 Å². The molecule has 0 bridgehead atoms. The molecule has 0 aromatic carbocycles. The van der Waals surface area contributed by atoms with Crippen LogP contribution in [0, 0.1) is 11.8 Å². The van der Waals surface area contributed by atoms with Gasteiger partial charge in [-0.3, -0.25) is 9.69 Å². The summed E-state index contributed by atoms with van der Waals surface area (Å²) in [7, 11) is 0. The van der Waals surface area contributed by atoms with Crippen molar-refractivity contribution in [2.75, 3.05) is 32.7 Å². The molecule has 1 saturated carbocycles. The monoisotopic (exact) mass is 267 g/mol. The summed E-state index contributed by atoms with van der Waals surface area (Å²) in [6.07, 6.45) is 5.08. The number of nitrogens with zero attached hydrogens (tertiary/aromatic N) is 1. The van der Waals surface area contributed by atoms with E-state index in [0.717, 1.165) is 32.1 Å². The highest BCUT2D eigenvalue weighted by Gasteiger charge is 2.32. The molecule has 2 aliphatic rings. The van der Waals surface area contributed by atoms with Crippen LogP contribution in [0.2, 0.25) is 0 Å². The molecule has 1 aliphatic heterocycles. The molecule has 2 rings (SSSR count). The molecular weight excluding hydrogens is 238 g/mol. The SMILES string of the molecule is CC(C)CNC(=O)CN(CC1CCNCC1)C1CC1. The van der Waals surface area contributed by atoms with Crippen molar-refractivity contribution in [3.63, 3.8) is 0 Å². The summed E-state index contributed by atoms with van der Waals surface area (Å²) >= 11 is 0. The first kappa shape index (κ1) is 14.8. The summed E-state index contributed by atoms with van der Waals surface area (Å²) in [6.45, 7) is 9.06. The highest BCUT2D eigenvalue weighted by Crippen LogP contribution is 2.28. The second-order valence-corrected chi connectivity index (χ2v) is 6.55. The van der Waals surface area contributed by atoms with Crippen LogP contribution in [0.15, 0.2) is 0 Å². The molecule has 4 heteroatoms. The van der Waals surface area contributed by atoms with Gasteiger partial charge < -0.3 is 10.6 Å². The van der Waals surface area contributed by atoms with Crippen molar-refractivity contribution in [3.05, 3.63) is 0 Å². The van der Waals surface area contributed by atoms with E-state index in [1.807, 2.05) is 0 Å². The van der Waals surface area contributed by atoms with Crippen LogP contribution in [0.25, 0.3) is 0 Å². The van der Waals surface area contributed by atoms with Gasteiger partial charge in [-0.2, -0.15) is 0 Å². The fourth-order valence-corrected chi connectivity index (χ4v) is 2.74. The van der Waals surface area contributed by atoms with Crippen molar-refractivity contribution in [1.29, 1.82) is 0 Å². The van der Waals surface area contributed by atoms with Crippen LogP contribution >= 0.6 is 0 Å². The Bertz CT molecular complexity index is 283. The van der Waals surface area contributed by atoms with Crippen molar-refractivity contribution >= 4 is 5.91 Å². The average Bonchev–Trinajstić information content (AvgIpc) is 3.21. The number of carbonyl (C=O) groups is 1. The lowest BCUT2D eigenvalue weighted by Gasteiger charge is -2.29. The van der Waals surface area contributed by atoms with Crippen molar-refractivity contribution < 1.29 is 4.79 Å². The van der Waals surface area contributed by atoms with E-state index in [2.05, 4.69) is 29.4 Å². The smallest absolute Gasteiger partial charge is 0.234 e. The zero-order valence-electron chi connectivity index (χ0n) is 12.5. The van der Waals surface area contributed by atoms with Crippen molar-refractivity contribution in [2.24, 2.45) is 11.8 Å². The minimum Gasteiger partial charge on any atom is -0.355 e. The summed E-state index contributed by atoms with van der Waals surface area (Å²) in [6, 6.07) is 0.680. The van der Waals surface area contributed by atoms with Gasteiger partial charge in [0.1, 0.15) is 0 Å². The van der Waals surface area contributed by atoms with E-state index in [0.29, 0.717) is 18.5 Å². The fraction of sp³-hybridized carbons (Fsp3) is 0.933. The highest BCUT2D eigenvalue weighted by atomic mass is 16.2. The molecule has 1 heterocycles. The Hall–Kier alpha value is -0.610. The molecule has 1 amide bonds. The lowest BCUT2D eigenvalue weighted by molar-refractivity contribution is -0.122. The van der Waals surface area contributed by atoms with E-state index in [-0.39, 0.29) is 5.91 Å². The molecule has 0 aromatic heterocycles. The number of piperidine rings is 1. The van der Waals surface area contributed by atoms with Gasteiger partial charge in [0.05, 0.1) is 6.54 Å². The van der Waals surface area contributed by atoms with Gasteiger partial charge in [-0.1, -0.05) is 13.8 Å². The van der Waals surface area contributed by atoms with Crippen LogP contribution < -0.4 is 10.6 Å². The number of rotatable bonds is 7. The van der Waals surface area contributed by atoms with E-state index < -0.39 is 0 Å². The molecule has 0 atom stereocenters. The summed E-state index contributed by atoms with van der Waals surface area (Å²) in [5.41, 5.74) is 0. The summed E-state index contributed by atoms with van der Waals surface area (Å²) in [5, 5.41) is 6.45. The fourth-order valence-electron chi connectivity index (χ4n) is 2.74. The Morgan fingerprint density at radius 1 is 1.26 bits per heavy atom. The molecule has 0 unspecified atom stereocenters. The maximum atomic E-state index is 12.0. The summed E-state index contributed by atoms with van der Waals surface area (Å²) in [5.74, 6) is 1.51. The topological polar surface area (TPSA) is 44.4 Å². The van der Waals surface area contributed by atoms with Crippen LogP contribution in [0.3, 0.4) is 0 Å². The Kier molecular flexibility index (Phi) is 5.64. The lowest BCUT2D eigenvalue weighted by atomic mass is 9.97. The quantitative estimate of drug-likeness (QED) is 0.729. The van der Waals surface area contributed by atoms with Crippen LogP contribution in [-0.4, -0.2) is 49.6 Å². The number of amides is 1. The van der Waals surface area contributed by atoms with Gasteiger partial charge in [0.25, 0.3) is 0 Å². The second-order valence-electron chi connectivity index (χ2n) is 6.55. The van der Waals surface area contributed by atoms with E-state index in [1.54, 1.807) is 0 Å². The standard InChI is InChI=1S/C15H29N3O/c1-12(2)9-17-15(19)11-18(14-3-4-14)10-13-5-7-16-8-6-13/h12-14,16H,3-11H2,1-2H3,(H,17,19). The molecule has 0 radical (unpaired) electrons. The van der Waals surface area contributed by atoms with Gasteiger partial charge >= 0.3 is 0 Å². The number of nitrogens with one attached hydrogen (secondary N) is 2. The number of hydrogen-bond donors (Lipinski definition) is 2. The molecule has 110 valence electrons. The molecule has 19 heavy (non-hydrogen) atoms. The number of hydrogen-bond acceptors (Lipinski definition) is 3. The Balaban J connectivity index is 1.74. The van der Waals surface area contributed by atoms with Gasteiger partial charge in [0, 0.05) is 19.1 Å². The molecule has 0 spiro atoms. The highest BCUT2D eigenvalue weighted by molar-refractivity contribution is 5.78. The molecule has 2 N–H and O–H groups in total. The van der Waals surface area contributed by atoms with Gasteiger partial charge in [-0.25, -0.2) is 0 Å². The zero-order valence-corrected chi connectivity index (χ0v) is 12.5. The first-order chi connectivity index (χ1) is 9.15. The summed E-state index contributed by atoms with van der Waals surface area (Å²) in [4.78, 5) is 14.4. The van der Waals surface area contributed by atoms with Crippen molar-refractivity contribution in [3.8, 4) is 0 Å². The van der Waals surface area contributed by atoms with Crippen molar-refractivity contribution in [2.45, 2.75) is 45.6 Å². The molecular formula is C15H29N3O. The Morgan fingerprint density at radius 3 is 2.53 bits per heavy atom. The third kappa shape index (κ3) is 5.49. The maximum Gasteiger partial charge on any atom is 0.234 e. The van der Waals surface area contributed by atoms with Crippen LogP contribution in [0.4, 0.5) is 0 Å². The first-order valence-corrected chi connectivity index (χ1v) is 7.86. The summed E-state index contributed by atoms with van der Waals surface area (Å²) < 4.78 is 0. The minimum atomic E-state index is 0.203. The van der Waals surface area contributed by atoms with Crippen LogP contribution in [0.5, 0.6) is 0 Å². The predicted molar refractivity (Wildman–Crippen MR) is 78.0 cm³/mol. The molecule has 1 aliphatic carbocycles. The van der Waals surface area contributed by atoms with Gasteiger partial charge in [0.2, 0.25) is 5.91 Å². The first-order valence-electron chi connectivity index (χ1n) is 7.86. The van der Waals surface area contributed by atoms with E-state index in [1.165, 1.54) is 25.7 Å². The minimum absolute atomic E-state index is 0.203. The predicted octanol–water partition coefficient (Wildman–Crippen LogP) is 1.22. The normalized spacial score (nSPS) is 21.1. The van der Waals surface area contributed by atoms with E-state index in [9.17, 15) is 4.79 Å².